The average Bonchev–Trinajstić information content (AvgIpc) is 3.16. The molecule has 0 unspecified atom stereocenters. The van der Waals surface area contributed by atoms with E-state index in [0.29, 0.717) is 31.1 Å². The Kier molecular flexibility index (Phi) is 4.26. The quantitative estimate of drug-likeness (QED) is 0.847. The standard InChI is InChI=1S/C15H17N3O2S2/c1-10-13(22-14(16-10)12-3-8-21-9-12)15(20)18-6-4-17(5-7-18)11(2)19/h3,8-9H,4-7H2,1-2H3. The third kappa shape index (κ3) is 2.91. The van der Waals surface area contributed by atoms with E-state index in [1.165, 1.54) is 11.3 Å². The van der Waals surface area contributed by atoms with Gasteiger partial charge in [0.25, 0.3) is 5.91 Å². The maximum absolute atomic E-state index is 12.7. The van der Waals surface area contributed by atoms with E-state index in [1.54, 1.807) is 23.2 Å². The molecule has 0 aromatic carbocycles. The minimum absolute atomic E-state index is 0.0275. The third-order valence-corrected chi connectivity index (χ3v) is 5.65. The Morgan fingerprint density at radius 3 is 2.45 bits per heavy atom. The molecule has 2 aromatic rings. The van der Waals surface area contributed by atoms with Crippen LogP contribution in [0.15, 0.2) is 16.8 Å². The van der Waals surface area contributed by atoms with Gasteiger partial charge in [-0.25, -0.2) is 4.98 Å². The van der Waals surface area contributed by atoms with Crippen LogP contribution in [0.4, 0.5) is 0 Å². The molecule has 1 aliphatic rings. The van der Waals surface area contributed by atoms with Crippen molar-refractivity contribution in [2.45, 2.75) is 13.8 Å². The van der Waals surface area contributed by atoms with Crippen molar-refractivity contribution >= 4 is 34.5 Å². The molecule has 7 heteroatoms. The maximum atomic E-state index is 12.7. The van der Waals surface area contributed by atoms with Crippen molar-refractivity contribution in [3.63, 3.8) is 0 Å². The summed E-state index contributed by atoms with van der Waals surface area (Å²) in [6.07, 6.45) is 0. The van der Waals surface area contributed by atoms with E-state index < -0.39 is 0 Å². The van der Waals surface area contributed by atoms with E-state index in [4.69, 9.17) is 0 Å². The van der Waals surface area contributed by atoms with Crippen LogP contribution < -0.4 is 0 Å². The molecule has 1 aliphatic heterocycles. The summed E-state index contributed by atoms with van der Waals surface area (Å²) >= 11 is 3.07. The highest BCUT2D eigenvalue weighted by atomic mass is 32.1. The number of hydrogen-bond acceptors (Lipinski definition) is 5. The molecule has 116 valence electrons. The second-order valence-corrected chi connectivity index (χ2v) is 7.02. The first-order valence-corrected chi connectivity index (χ1v) is 8.87. The topological polar surface area (TPSA) is 53.5 Å². The molecule has 0 aliphatic carbocycles. The van der Waals surface area contributed by atoms with Crippen molar-refractivity contribution in [3.05, 3.63) is 27.4 Å². The number of hydrogen-bond donors (Lipinski definition) is 0. The summed E-state index contributed by atoms with van der Waals surface area (Å²) in [5, 5.41) is 4.94. The molecule has 2 aromatic heterocycles. The molecular weight excluding hydrogens is 318 g/mol. The molecule has 2 amide bonds. The van der Waals surface area contributed by atoms with Gasteiger partial charge in [-0.1, -0.05) is 0 Å². The van der Waals surface area contributed by atoms with Crippen LogP contribution in [0.25, 0.3) is 10.6 Å². The van der Waals surface area contributed by atoms with Gasteiger partial charge in [0.05, 0.1) is 5.69 Å². The molecule has 3 heterocycles. The Hall–Kier alpha value is -1.73. The van der Waals surface area contributed by atoms with Gasteiger partial charge in [0.1, 0.15) is 9.88 Å². The van der Waals surface area contributed by atoms with E-state index in [-0.39, 0.29) is 11.8 Å². The van der Waals surface area contributed by atoms with E-state index in [0.717, 1.165) is 16.3 Å². The number of carbonyl (C=O) groups excluding carboxylic acids is 2. The summed E-state index contributed by atoms with van der Waals surface area (Å²) in [5.41, 5.74) is 1.85. The van der Waals surface area contributed by atoms with Gasteiger partial charge >= 0.3 is 0 Å². The number of aryl methyl sites for hydroxylation is 1. The van der Waals surface area contributed by atoms with Gasteiger partial charge < -0.3 is 9.80 Å². The Labute approximate surface area is 137 Å². The normalized spacial score (nSPS) is 15.2. The number of amides is 2. The summed E-state index contributed by atoms with van der Waals surface area (Å²) in [6, 6.07) is 2.02. The number of nitrogens with zero attached hydrogens (tertiary/aromatic N) is 3. The number of carbonyl (C=O) groups is 2. The minimum atomic E-state index is 0.0275. The number of aromatic nitrogens is 1. The van der Waals surface area contributed by atoms with Crippen molar-refractivity contribution in [2.75, 3.05) is 26.2 Å². The monoisotopic (exact) mass is 335 g/mol. The second-order valence-electron chi connectivity index (χ2n) is 5.24. The molecule has 22 heavy (non-hydrogen) atoms. The lowest BCUT2D eigenvalue weighted by Crippen LogP contribution is -2.50. The average molecular weight is 335 g/mol. The van der Waals surface area contributed by atoms with Crippen LogP contribution in [0.3, 0.4) is 0 Å². The van der Waals surface area contributed by atoms with Crippen LogP contribution in [-0.2, 0) is 4.79 Å². The van der Waals surface area contributed by atoms with Crippen molar-refractivity contribution in [3.8, 4) is 10.6 Å². The second kappa shape index (κ2) is 6.18. The molecule has 0 atom stereocenters. The van der Waals surface area contributed by atoms with E-state index >= 15 is 0 Å². The fourth-order valence-corrected chi connectivity index (χ4v) is 4.22. The smallest absolute Gasteiger partial charge is 0.265 e. The Morgan fingerprint density at radius 2 is 1.86 bits per heavy atom. The SMILES string of the molecule is CC(=O)N1CCN(C(=O)c2sc(-c3ccsc3)nc2C)CC1. The molecule has 0 spiro atoms. The zero-order valence-corrected chi connectivity index (χ0v) is 14.2. The highest BCUT2D eigenvalue weighted by Gasteiger charge is 2.26. The molecule has 0 N–H and O–H groups in total. The minimum Gasteiger partial charge on any atom is -0.339 e. The first kappa shape index (κ1) is 15.2. The zero-order valence-electron chi connectivity index (χ0n) is 12.5. The summed E-state index contributed by atoms with van der Waals surface area (Å²) < 4.78 is 0. The van der Waals surface area contributed by atoms with Crippen LogP contribution in [0.1, 0.15) is 22.3 Å². The first-order chi connectivity index (χ1) is 10.6. The molecular formula is C15H17N3O2S2. The fourth-order valence-electron chi connectivity index (χ4n) is 2.47. The molecule has 0 bridgehead atoms. The van der Waals surface area contributed by atoms with Crippen molar-refractivity contribution in [1.29, 1.82) is 0 Å². The van der Waals surface area contributed by atoms with Gasteiger partial charge in [-0.3, -0.25) is 9.59 Å². The van der Waals surface area contributed by atoms with Gasteiger partial charge in [0.2, 0.25) is 5.91 Å². The van der Waals surface area contributed by atoms with E-state index in [2.05, 4.69) is 4.98 Å². The molecule has 1 fully saturated rings. The predicted molar refractivity (Wildman–Crippen MR) is 88.3 cm³/mol. The van der Waals surface area contributed by atoms with Crippen LogP contribution in [-0.4, -0.2) is 52.8 Å². The third-order valence-electron chi connectivity index (χ3n) is 3.77. The Bertz CT molecular complexity index is 686. The molecule has 0 radical (unpaired) electrons. The summed E-state index contributed by atoms with van der Waals surface area (Å²) in [4.78, 5) is 32.9. The Balaban J connectivity index is 1.75. The van der Waals surface area contributed by atoms with Crippen molar-refractivity contribution in [2.24, 2.45) is 0 Å². The van der Waals surface area contributed by atoms with Gasteiger partial charge in [-0.05, 0) is 18.4 Å². The summed E-state index contributed by atoms with van der Waals surface area (Å²) in [5.74, 6) is 0.0977. The lowest BCUT2D eigenvalue weighted by atomic mass is 10.2. The lowest BCUT2D eigenvalue weighted by molar-refractivity contribution is -0.130. The highest BCUT2D eigenvalue weighted by Crippen LogP contribution is 2.30. The van der Waals surface area contributed by atoms with Crippen molar-refractivity contribution < 1.29 is 9.59 Å². The van der Waals surface area contributed by atoms with Gasteiger partial charge in [0, 0.05) is 44.0 Å². The van der Waals surface area contributed by atoms with E-state index in [9.17, 15) is 9.59 Å². The van der Waals surface area contributed by atoms with Gasteiger partial charge in [-0.2, -0.15) is 11.3 Å². The first-order valence-electron chi connectivity index (χ1n) is 7.11. The van der Waals surface area contributed by atoms with Crippen LogP contribution in [0, 0.1) is 6.92 Å². The Morgan fingerprint density at radius 1 is 1.18 bits per heavy atom. The molecule has 5 nitrogen and oxygen atoms in total. The highest BCUT2D eigenvalue weighted by molar-refractivity contribution is 7.17. The zero-order chi connectivity index (χ0) is 15.7. The lowest BCUT2D eigenvalue weighted by Gasteiger charge is -2.34. The summed E-state index contributed by atoms with van der Waals surface area (Å²) in [6.45, 7) is 5.84. The number of thiazole rings is 1. The number of thiophene rings is 1. The van der Waals surface area contributed by atoms with Crippen LogP contribution in [0.5, 0.6) is 0 Å². The molecule has 3 rings (SSSR count). The molecule has 1 saturated heterocycles. The van der Waals surface area contributed by atoms with Gasteiger partial charge in [0.15, 0.2) is 0 Å². The summed E-state index contributed by atoms with van der Waals surface area (Å²) in [7, 11) is 0. The fraction of sp³-hybridized carbons (Fsp3) is 0.400. The van der Waals surface area contributed by atoms with Crippen molar-refractivity contribution in [1.82, 2.24) is 14.8 Å². The van der Waals surface area contributed by atoms with E-state index in [1.807, 2.05) is 28.7 Å². The van der Waals surface area contributed by atoms with Crippen LogP contribution in [0.2, 0.25) is 0 Å². The number of rotatable bonds is 2. The maximum Gasteiger partial charge on any atom is 0.265 e. The molecule has 0 saturated carbocycles. The van der Waals surface area contributed by atoms with Gasteiger partial charge in [-0.15, -0.1) is 11.3 Å². The number of piperazine rings is 1. The predicted octanol–water partition coefficient (Wildman–Crippen LogP) is 2.48. The largest absolute Gasteiger partial charge is 0.339 e. The van der Waals surface area contributed by atoms with Crippen LogP contribution >= 0.6 is 22.7 Å².